The number of carbonyl (C=O) groups excluding carboxylic acids is 3. The number of unbranched alkanes of at least 4 members (excludes halogenated alkanes) is 29. The summed E-state index contributed by atoms with van der Waals surface area (Å²) in [5, 5.41) is 0. The third-order valence-corrected chi connectivity index (χ3v) is 14.7. The molecule has 0 fully saturated rings. The van der Waals surface area contributed by atoms with Crippen molar-refractivity contribution in [3.8, 4) is 0 Å². The van der Waals surface area contributed by atoms with Crippen LogP contribution < -0.4 is 0 Å². The number of hydrogen-bond donors (Lipinski definition) is 0. The molecule has 83 heavy (non-hydrogen) atoms. The average Bonchev–Trinajstić information content (AvgIpc) is 3.49. The molecule has 0 saturated carbocycles. The van der Waals surface area contributed by atoms with E-state index in [1.54, 1.807) is 0 Å². The van der Waals surface area contributed by atoms with Gasteiger partial charge in [0.25, 0.3) is 0 Å². The summed E-state index contributed by atoms with van der Waals surface area (Å²) in [7, 11) is 0. The van der Waals surface area contributed by atoms with Crippen LogP contribution >= 0.6 is 0 Å². The second-order valence-electron chi connectivity index (χ2n) is 22.7. The van der Waals surface area contributed by atoms with Gasteiger partial charge in [0.2, 0.25) is 0 Å². The molecule has 1 atom stereocenters. The molecule has 1 unspecified atom stereocenters. The minimum atomic E-state index is -0.819. The predicted molar refractivity (Wildman–Crippen MR) is 362 cm³/mol. The lowest BCUT2D eigenvalue weighted by Crippen LogP contribution is -2.30. The predicted octanol–water partition coefficient (Wildman–Crippen LogP) is 24.1. The minimum Gasteiger partial charge on any atom is -0.462 e. The third-order valence-electron chi connectivity index (χ3n) is 14.7. The second kappa shape index (κ2) is 70.0. The topological polar surface area (TPSA) is 78.9 Å². The van der Waals surface area contributed by atoms with Crippen LogP contribution in [0.5, 0.6) is 0 Å². The van der Waals surface area contributed by atoms with Crippen LogP contribution in [0.3, 0.4) is 0 Å². The molecule has 0 aromatic rings. The minimum absolute atomic E-state index is 0.109. The summed E-state index contributed by atoms with van der Waals surface area (Å²) < 4.78 is 16.9. The third kappa shape index (κ3) is 68.2. The Labute approximate surface area is 513 Å². The Morgan fingerprint density at radius 2 is 0.494 bits per heavy atom. The van der Waals surface area contributed by atoms with E-state index in [1.807, 2.05) is 6.08 Å². The van der Waals surface area contributed by atoms with Gasteiger partial charge in [0, 0.05) is 19.3 Å². The van der Waals surface area contributed by atoms with Crippen LogP contribution in [0.1, 0.15) is 316 Å². The molecule has 0 aliphatic heterocycles. The van der Waals surface area contributed by atoms with Crippen molar-refractivity contribution >= 4 is 17.9 Å². The van der Waals surface area contributed by atoms with E-state index < -0.39 is 6.10 Å². The number of allylic oxidation sites excluding steroid dienone is 22. The van der Waals surface area contributed by atoms with Crippen molar-refractivity contribution in [3.05, 3.63) is 134 Å². The highest BCUT2D eigenvalue weighted by atomic mass is 16.6. The first-order valence-corrected chi connectivity index (χ1v) is 34.7. The van der Waals surface area contributed by atoms with Gasteiger partial charge in [-0.2, -0.15) is 0 Å². The fourth-order valence-corrected chi connectivity index (χ4v) is 9.56. The van der Waals surface area contributed by atoms with Gasteiger partial charge >= 0.3 is 17.9 Å². The Morgan fingerprint density at radius 3 is 0.807 bits per heavy atom. The van der Waals surface area contributed by atoms with Crippen molar-refractivity contribution in [2.75, 3.05) is 13.2 Å². The zero-order valence-electron chi connectivity index (χ0n) is 54.2. The van der Waals surface area contributed by atoms with Gasteiger partial charge in [-0.05, 0) is 103 Å². The van der Waals surface area contributed by atoms with Crippen LogP contribution in [0, 0.1) is 0 Å². The summed E-state index contributed by atoms with van der Waals surface area (Å²) in [4.78, 5) is 38.4. The zero-order chi connectivity index (χ0) is 59.9. The summed E-state index contributed by atoms with van der Waals surface area (Å²) >= 11 is 0. The molecule has 0 aliphatic rings. The van der Waals surface area contributed by atoms with Gasteiger partial charge in [0.05, 0.1) is 0 Å². The second-order valence-corrected chi connectivity index (χ2v) is 22.7. The first-order chi connectivity index (χ1) is 41.0. The largest absolute Gasteiger partial charge is 0.462 e. The van der Waals surface area contributed by atoms with E-state index >= 15 is 0 Å². The van der Waals surface area contributed by atoms with Crippen molar-refractivity contribution in [1.29, 1.82) is 0 Å². The Hall–Kier alpha value is -4.45. The number of carbonyl (C=O) groups is 3. The molecule has 0 aliphatic carbocycles. The highest BCUT2D eigenvalue weighted by Crippen LogP contribution is 2.17. The van der Waals surface area contributed by atoms with E-state index in [0.29, 0.717) is 19.3 Å². The smallest absolute Gasteiger partial charge is 0.306 e. The van der Waals surface area contributed by atoms with Crippen LogP contribution in [-0.2, 0) is 28.6 Å². The van der Waals surface area contributed by atoms with Gasteiger partial charge in [-0.15, -0.1) is 0 Å². The molecule has 0 amide bonds. The Morgan fingerprint density at radius 1 is 0.253 bits per heavy atom. The molecule has 0 radical (unpaired) electrons. The first kappa shape index (κ1) is 78.5. The maximum Gasteiger partial charge on any atom is 0.306 e. The van der Waals surface area contributed by atoms with E-state index in [0.717, 1.165) is 116 Å². The quantitative estimate of drug-likeness (QED) is 0.0261. The molecule has 0 bridgehead atoms. The van der Waals surface area contributed by atoms with Crippen molar-refractivity contribution in [1.82, 2.24) is 0 Å². The Balaban J connectivity index is 4.48. The number of hydrogen-bond acceptors (Lipinski definition) is 6. The van der Waals surface area contributed by atoms with E-state index in [4.69, 9.17) is 14.2 Å². The van der Waals surface area contributed by atoms with Crippen LogP contribution in [0.15, 0.2) is 134 Å². The highest BCUT2D eigenvalue weighted by molar-refractivity contribution is 5.71. The van der Waals surface area contributed by atoms with Crippen molar-refractivity contribution in [3.63, 3.8) is 0 Å². The number of ether oxygens (including phenoxy) is 3. The van der Waals surface area contributed by atoms with Crippen molar-refractivity contribution < 1.29 is 28.6 Å². The first-order valence-electron chi connectivity index (χ1n) is 34.7. The average molecular weight is 1150 g/mol. The molecular formula is C77H128O6. The van der Waals surface area contributed by atoms with Crippen LogP contribution in [0.4, 0.5) is 0 Å². The Bertz CT molecular complexity index is 1750. The molecule has 6 heteroatoms. The van der Waals surface area contributed by atoms with Crippen molar-refractivity contribution in [2.24, 2.45) is 0 Å². The number of esters is 3. The summed E-state index contributed by atoms with van der Waals surface area (Å²) in [6.45, 7) is 6.37. The molecule has 6 nitrogen and oxygen atoms in total. The molecule has 0 aromatic carbocycles. The van der Waals surface area contributed by atoms with Gasteiger partial charge in [-0.1, -0.05) is 328 Å². The van der Waals surface area contributed by atoms with Gasteiger partial charge in [0.15, 0.2) is 6.10 Å². The van der Waals surface area contributed by atoms with E-state index in [9.17, 15) is 14.4 Å². The molecule has 0 heterocycles. The summed E-state index contributed by atoms with van der Waals surface area (Å²) in [5.41, 5.74) is 0. The van der Waals surface area contributed by atoms with Gasteiger partial charge in [-0.3, -0.25) is 14.4 Å². The fourth-order valence-electron chi connectivity index (χ4n) is 9.56. The molecule has 0 N–H and O–H groups in total. The number of rotatable bonds is 62. The molecule has 0 aromatic heterocycles. The van der Waals surface area contributed by atoms with Gasteiger partial charge < -0.3 is 14.2 Å². The van der Waals surface area contributed by atoms with Crippen LogP contribution in [0.2, 0.25) is 0 Å². The van der Waals surface area contributed by atoms with Crippen molar-refractivity contribution in [2.45, 2.75) is 322 Å². The molecule has 0 rings (SSSR count). The highest BCUT2D eigenvalue weighted by Gasteiger charge is 2.19. The molecule has 0 saturated heterocycles. The lowest BCUT2D eigenvalue weighted by atomic mass is 10.0. The maximum atomic E-state index is 13.0. The lowest BCUT2D eigenvalue weighted by molar-refractivity contribution is -0.166. The maximum absolute atomic E-state index is 13.0. The summed E-state index contributed by atoms with van der Waals surface area (Å²) in [6.07, 6.45) is 99.1. The van der Waals surface area contributed by atoms with Crippen LogP contribution in [0.25, 0.3) is 0 Å². The molecule has 472 valence electrons. The zero-order valence-corrected chi connectivity index (χ0v) is 54.2. The normalized spacial score (nSPS) is 13.0. The SMILES string of the molecule is CC/C=C\C/C=C\C/C=C\C/C=C\C/C=C\C/C=C\CCC(=O)OCC(COC(=O)CCCCCCCCC/C=C\C/C=C\C/C=C\C/C=C\C/C=C\CC)OC(=O)CCCCCCCCCCCCCCCCCCCCCCCCC. The van der Waals surface area contributed by atoms with Gasteiger partial charge in [-0.25, -0.2) is 0 Å². The summed E-state index contributed by atoms with van der Waals surface area (Å²) in [6, 6.07) is 0. The fraction of sp³-hybridized carbons (Fsp3) is 0.675. The monoisotopic (exact) mass is 1150 g/mol. The molecule has 0 spiro atoms. The van der Waals surface area contributed by atoms with E-state index in [2.05, 4.69) is 148 Å². The van der Waals surface area contributed by atoms with E-state index in [1.165, 1.54) is 154 Å². The standard InChI is InChI=1S/C77H128O6/c1-4-7-10-13-16-19-22-25-28-31-34-36-38-40-43-46-49-52-55-58-61-64-67-70-76(79)82-73-74(72-81-75(78)69-66-63-60-57-54-51-48-45-42-33-30-27-24-21-18-15-12-9-6-3)83-77(80)71-68-65-62-59-56-53-50-47-44-41-39-37-35-32-29-26-23-20-17-14-11-8-5-2/h7,9-10,12,16,18-19,21,25,27-28,30,34,36,40,42-43,45,51,54,60,63,74H,4-6,8,11,13-15,17,20,22-24,26,29,31-33,35,37-39,41,44,46-50,52-53,55-59,61-62,64-73H2,1-3H3/b10-7-,12-9-,19-16-,21-18-,28-25-,30-27-,36-34-,43-40-,45-42-,54-51-,63-60-. The molecular weight excluding hydrogens is 1020 g/mol. The van der Waals surface area contributed by atoms with Gasteiger partial charge in [0.1, 0.15) is 13.2 Å². The lowest BCUT2D eigenvalue weighted by Gasteiger charge is -2.18. The summed E-state index contributed by atoms with van der Waals surface area (Å²) in [5.74, 6) is -0.996. The van der Waals surface area contributed by atoms with Crippen LogP contribution in [-0.4, -0.2) is 37.2 Å². The van der Waals surface area contributed by atoms with E-state index in [-0.39, 0.29) is 37.5 Å². The Kier molecular flexibility index (Phi) is 66.3.